The third-order valence-corrected chi connectivity index (χ3v) is 9.44. The van der Waals surface area contributed by atoms with Crippen molar-refractivity contribution in [3.05, 3.63) is 105 Å². The zero-order chi connectivity index (χ0) is 31.7. The molecule has 1 aromatic heterocycles. The van der Waals surface area contributed by atoms with Crippen LogP contribution in [0.25, 0.3) is 10.9 Å². The molecule has 4 amide bonds. The van der Waals surface area contributed by atoms with Gasteiger partial charge in [0, 0.05) is 73.4 Å². The molecule has 2 fully saturated rings. The van der Waals surface area contributed by atoms with Crippen LogP contribution in [0.3, 0.4) is 0 Å². The monoisotopic (exact) mass is 649 g/mol. The molecule has 2 aliphatic rings. The minimum absolute atomic E-state index is 0.00285. The van der Waals surface area contributed by atoms with E-state index >= 15 is 0 Å². The first-order valence-electron chi connectivity index (χ1n) is 15.1. The number of aromatic amines is 1. The fraction of sp³-hybridized carbons (Fsp3) is 0.324. The quantitative estimate of drug-likeness (QED) is 0.250. The van der Waals surface area contributed by atoms with Gasteiger partial charge in [-0.05, 0) is 48.7 Å². The number of piperazine rings is 1. The maximum Gasteiger partial charge on any atom is 0.317 e. The summed E-state index contributed by atoms with van der Waals surface area (Å²) < 4.78 is 14.6. The predicted octanol–water partition coefficient (Wildman–Crippen LogP) is 6.19. The molecule has 0 bridgehead atoms. The van der Waals surface area contributed by atoms with Gasteiger partial charge in [-0.1, -0.05) is 65.7 Å². The molecule has 0 spiro atoms. The molecule has 3 aromatic carbocycles. The first-order chi connectivity index (χ1) is 21.7. The number of hydrogen-bond acceptors (Lipinski definition) is 3. The predicted molar refractivity (Wildman–Crippen MR) is 172 cm³/mol. The van der Waals surface area contributed by atoms with Gasteiger partial charge >= 0.3 is 6.03 Å². The Morgan fingerprint density at radius 2 is 1.71 bits per heavy atom. The Hall–Kier alpha value is -4.08. The summed E-state index contributed by atoms with van der Waals surface area (Å²) >= 11 is 12.3. The summed E-state index contributed by atoms with van der Waals surface area (Å²) in [5, 5.41) is 4.23. The second kappa shape index (κ2) is 12.7. The van der Waals surface area contributed by atoms with Crippen LogP contribution in [0.5, 0.6) is 0 Å². The van der Waals surface area contributed by atoms with Gasteiger partial charge in [0.2, 0.25) is 11.8 Å². The van der Waals surface area contributed by atoms with Gasteiger partial charge in [-0.15, -0.1) is 0 Å². The van der Waals surface area contributed by atoms with Crippen molar-refractivity contribution in [2.24, 2.45) is 5.41 Å². The van der Waals surface area contributed by atoms with Crippen molar-refractivity contribution in [2.45, 2.75) is 32.4 Å². The van der Waals surface area contributed by atoms with E-state index in [1.165, 1.54) is 12.1 Å². The van der Waals surface area contributed by atoms with Crippen molar-refractivity contribution in [3.63, 3.8) is 0 Å². The number of amides is 4. The van der Waals surface area contributed by atoms with Crippen LogP contribution in [-0.4, -0.2) is 70.3 Å². The lowest BCUT2D eigenvalue weighted by Crippen LogP contribution is -2.57. The minimum atomic E-state index is -1.19. The number of aromatic nitrogens is 1. The Balaban J connectivity index is 1.46. The molecule has 234 valence electrons. The number of carbonyl (C=O) groups excluding carboxylic acids is 3. The van der Waals surface area contributed by atoms with Gasteiger partial charge in [0.15, 0.2) is 0 Å². The highest BCUT2D eigenvalue weighted by Crippen LogP contribution is 2.53. The highest BCUT2D eigenvalue weighted by Gasteiger charge is 2.58. The normalized spacial score (nSPS) is 20.2. The molecule has 45 heavy (non-hydrogen) atoms. The molecule has 0 aliphatic carbocycles. The van der Waals surface area contributed by atoms with Gasteiger partial charge in [0.25, 0.3) is 0 Å². The number of urea groups is 1. The Labute approximate surface area is 271 Å². The van der Waals surface area contributed by atoms with E-state index in [0.717, 1.165) is 22.0 Å². The number of H-pyrrole nitrogens is 1. The van der Waals surface area contributed by atoms with Crippen LogP contribution in [0.2, 0.25) is 10.0 Å². The van der Waals surface area contributed by atoms with Crippen LogP contribution in [0, 0.1) is 11.2 Å². The average molecular weight is 651 g/mol. The molecule has 0 radical (unpaired) electrons. The first-order valence-corrected chi connectivity index (χ1v) is 15.8. The van der Waals surface area contributed by atoms with Crippen LogP contribution < -0.4 is 5.32 Å². The van der Waals surface area contributed by atoms with Gasteiger partial charge in [-0.25, -0.2) is 9.18 Å². The number of nitrogens with zero attached hydrogens (tertiary/aromatic N) is 3. The maximum atomic E-state index is 15.0. The summed E-state index contributed by atoms with van der Waals surface area (Å²) in [6.07, 6.45) is 2.13. The van der Waals surface area contributed by atoms with E-state index in [2.05, 4.69) is 10.3 Å². The first kappa shape index (κ1) is 30.9. The molecular formula is C34H34Cl2FN5O3. The molecular weight excluding hydrogens is 616 g/mol. The number of fused-ring (bicyclic) bond motifs is 1. The number of rotatable bonds is 7. The topological polar surface area (TPSA) is 88.8 Å². The third-order valence-electron chi connectivity index (χ3n) is 8.90. The molecule has 2 unspecified atom stereocenters. The highest BCUT2D eigenvalue weighted by molar-refractivity contribution is 6.31. The van der Waals surface area contributed by atoms with E-state index in [0.29, 0.717) is 49.7 Å². The third kappa shape index (κ3) is 5.99. The molecule has 4 aromatic rings. The van der Waals surface area contributed by atoms with Gasteiger partial charge in [-0.3, -0.25) is 9.59 Å². The van der Waals surface area contributed by atoms with E-state index in [4.69, 9.17) is 23.2 Å². The largest absolute Gasteiger partial charge is 0.361 e. The molecule has 2 saturated heterocycles. The van der Waals surface area contributed by atoms with Gasteiger partial charge in [0.1, 0.15) is 5.82 Å². The van der Waals surface area contributed by atoms with Crippen LogP contribution in [0.1, 0.15) is 36.1 Å². The number of benzene rings is 3. The van der Waals surface area contributed by atoms with Crippen LogP contribution >= 0.6 is 23.2 Å². The summed E-state index contributed by atoms with van der Waals surface area (Å²) in [4.78, 5) is 50.2. The lowest BCUT2D eigenvalue weighted by Gasteiger charge is -2.43. The van der Waals surface area contributed by atoms with Gasteiger partial charge in [0.05, 0.1) is 16.5 Å². The van der Waals surface area contributed by atoms with E-state index in [-0.39, 0.29) is 35.8 Å². The van der Waals surface area contributed by atoms with E-state index in [1.54, 1.807) is 26.8 Å². The summed E-state index contributed by atoms with van der Waals surface area (Å²) in [7, 11) is 0. The molecule has 11 heteroatoms. The standard InChI is InChI=1S/C34H34Cl2FN5O3/c1-2-38-33(45)41-14-12-40(13-15-41)32(44)34(18-22-6-4-3-5-7-22)19-30(43)42(21-23-8-11-27(36)28(37)16-23)31(34)26-20-39-29-17-24(35)9-10-25(26)29/h3-11,16-17,20,31,39H,2,12-15,18-19,21H2,1H3,(H,38,45). The van der Waals surface area contributed by atoms with Crippen molar-refractivity contribution in [2.75, 3.05) is 32.7 Å². The average Bonchev–Trinajstić information content (AvgIpc) is 3.56. The highest BCUT2D eigenvalue weighted by atomic mass is 35.5. The lowest BCUT2D eigenvalue weighted by molar-refractivity contribution is -0.145. The van der Waals surface area contributed by atoms with E-state index < -0.39 is 17.3 Å². The van der Waals surface area contributed by atoms with E-state index in [1.807, 2.05) is 55.6 Å². The number of nitrogens with one attached hydrogen (secondary N) is 2. The van der Waals surface area contributed by atoms with Crippen LogP contribution in [0.4, 0.5) is 9.18 Å². The Morgan fingerprint density at radius 1 is 0.978 bits per heavy atom. The van der Waals surface area contributed by atoms with Crippen LogP contribution in [0.15, 0.2) is 72.9 Å². The second-order valence-corrected chi connectivity index (χ2v) is 12.6. The molecule has 2 N–H and O–H groups in total. The minimum Gasteiger partial charge on any atom is -0.361 e. The van der Waals surface area contributed by atoms with Crippen molar-refractivity contribution in [3.8, 4) is 0 Å². The van der Waals surface area contributed by atoms with Crippen molar-refractivity contribution >= 4 is 52.0 Å². The summed E-state index contributed by atoms with van der Waals surface area (Å²) in [6, 6.07) is 18.9. The number of halogens is 3. The molecule has 2 atom stereocenters. The maximum absolute atomic E-state index is 15.0. The summed E-state index contributed by atoms with van der Waals surface area (Å²) in [5.74, 6) is -0.923. The fourth-order valence-electron chi connectivity index (χ4n) is 6.82. The summed E-state index contributed by atoms with van der Waals surface area (Å²) in [6.45, 7) is 3.94. The SMILES string of the molecule is CCNC(=O)N1CCN(C(=O)C2(Cc3ccccc3)CC(=O)N(Cc3ccc(Cl)c(F)c3)C2c2c[nH]c3cc(Cl)ccc23)CC1. The number of hydrogen-bond donors (Lipinski definition) is 2. The van der Waals surface area contributed by atoms with E-state index in [9.17, 15) is 18.8 Å². The van der Waals surface area contributed by atoms with Crippen molar-refractivity contribution in [1.82, 2.24) is 25.0 Å². The molecule has 0 saturated carbocycles. The zero-order valence-electron chi connectivity index (χ0n) is 24.9. The Morgan fingerprint density at radius 3 is 2.42 bits per heavy atom. The summed E-state index contributed by atoms with van der Waals surface area (Å²) in [5.41, 5.74) is 1.87. The lowest BCUT2D eigenvalue weighted by atomic mass is 9.71. The van der Waals surface area contributed by atoms with Gasteiger partial charge in [-0.2, -0.15) is 0 Å². The van der Waals surface area contributed by atoms with Gasteiger partial charge < -0.3 is 25.0 Å². The fourth-order valence-corrected chi connectivity index (χ4v) is 7.10. The number of carbonyl (C=O) groups is 3. The smallest absolute Gasteiger partial charge is 0.317 e. The Kier molecular flexibility index (Phi) is 8.75. The molecule has 3 heterocycles. The van der Waals surface area contributed by atoms with Crippen molar-refractivity contribution in [1.29, 1.82) is 0 Å². The molecule has 8 nitrogen and oxygen atoms in total. The Bertz CT molecular complexity index is 1740. The van der Waals surface area contributed by atoms with Crippen molar-refractivity contribution < 1.29 is 18.8 Å². The second-order valence-electron chi connectivity index (χ2n) is 11.7. The molecule has 6 rings (SSSR count). The van der Waals surface area contributed by atoms with Crippen LogP contribution in [-0.2, 0) is 22.6 Å². The number of likely N-dealkylation sites (tertiary alicyclic amines) is 1. The molecule has 2 aliphatic heterocycles. The zero-order valence-corrected chi connectivity index (χ0v) is 26.4.